The van der Waals surface area contributed by atoms with Crippen LogP contribution in [0.5, 0.6) is 0 Å². The van der Waals surface area contributed by atoms with Gasteiger partial charge >= 0.3 is 24.2 Å². The van der Waals surface area contributed by atoms with Crippen LogP contribution in [0.4, 0.5) is 37.4 Å². The van der Waals surface area contributed by atoms with E-state index in [9.17, 15) is 36.3 Å². The van der Waals surface area contributed by atoms with Gasteiger partial charge in [-0.3, -0.25) is 0 Å². The number of piperidine rings is 1. The van der Waals surface area contributed by atoms with E-state index >= 15 is 0 Å². The molecule has 11 nitrogen and oxygen atoms in total. The normalized spacial score (nSPS) is 17.9. The summed E-state index contributed by atoms with van der Waals surface area (Å²) in [7, 11) is 2.42. The first-order valence-corrected chi connectivity index (χ1v) is 13.6. The van der Waals surface area contributed by atoms with Gasteiger partial charge in [-0.05, 0) is 42.7 Å². The predicted octanol–water partition coefficient (Wildman–Crippen LogP) is 3.49. The number of ether oxygens (including phenoxy) is 2. The summed E-state index contributed by atoms with van der Waals surface area (Å²) in [5.74, 6) is -2.86. The van der Waals surface area contributed by atoms with Crippen molar-refractivity contribution in [3.05, 3.63) is 70.6 Å². The number of alkyl halides is 3. The van der Waals surface area contributed by atoms with Crippen molar-refractivity contribution < 1.29 is 45.8 Å². The molecule has 2 aliphatic rings. The van der Waals surface area contributed by atoms with Crippen molar-refractivity contribution in [1.82, 2.24) is 25.8 Å². The summed E-state index contributed by atoms with van der Waals surface area (Å²) in [6.45, 7) is 1.24. The molecular formula is C28H31F5N6O5. The zero-order chi connectivity index (χ0) is 32.0. The standard InChI is InChI=1S/C28H31F5N6O5/c1-43-15-21-23(25(40)44-2)24(16-3-5-19(29)20(30)13-16)39(27(42)37-21)26(41)35-10-9-34-18-7-11-38(12-8-18)22-6-4-17(14-36-22)28(31,32)33/h3-6,13-14,18,24,34H,7-12,15H2,1-2H3,(H,35,41)(H,37,42). The molecule has 238 valence electrons. The molecule has 0 aliphatic carbocycles. The number of imide groups is 1. The minimum Gasteiger partial charge on any atom is -0.466 e. The van der Waals surface area contributed by atoms with Crippen LogP contribution in [-0.4, -0.2) is 81.0 Å². The number of aromatic nitrogens is 1. The number of nitrogens with one attached hydrogen (secondary N) is 3. The van der Waals surface area contributed by atoms with E-state index in [1.807, 2.05) is 4.90 Å². The highest BCUT2D eigenvalue weighted by atomic mass is 19.4. The van der Waals surface area contributed by atoms with Crippen molar-refractivity contribution in [3.63, 3.8) is 0 Å². The lowest BCUT2D eigenvalue weighted by atomic mass is 9.93. The fraction of sp³-hybridized carbons (Fsp3) is 0.429. The van der Waals surface area contributed by atoms with Crippen LogP contribution in [0.25, 0.3) is 0 Å². The van der Waals surface area contributed by atoms with Gasteiger partial charge in [-0.1, -0.05) is 6.07 Å². The molecule has 0 radical (unpaired) electrons. The van der Waals surface area contributed by atoms with E-state index in [0.717, 1.165) is 37.6 Å². The molecule has 4 rings (SSSR count). The Labute approximate surface area is 249 Å². The molecule has 1 aromatic carbocycles. The summed E-state index contributed by atoms with van der Waals surface area (Å²) in [6, 6.07) is 1.88. The number of rotatable bonds is 9. The molecule has 44 heavy (non-hydrogen) atoms. The first-order valence-electron chi connectivity index (χ1n) is 13.6. The van der Waals surface area contributed by atoms with Crippen LogP contribution >= 0.6 is 0 Å². The number of hydrogen-bond acceptors (Lipinski definition) is 8. The molecule has 1 atom stereocenters. The van der Waals surface area contributed by atoms with Crippen LogP contribution in [0, 0.1) is 11.6 Å². The van der Waals surface area contributed by atoms with E-state index in [0.29, 0.717) is 43.2 Å². The van der Waals surface area contributed by atoms with Gasteiger partial charge in [0.15, 0.2) is 11.6 Å². The van der Waals surface area contributed by atoms with E-state index < -0.39 is 47.4 Å². The third-order valence-corrected chi connectivity index (χ3v) is 7.23. The maximum absolute atomic E-state index is 14.2. The van der Waals surface area contributed by atoms with E-state index in [1.165, 1.54) is 13.2 Å². The van der Waals surface area contributed by atoms with Crippen molar-refractivity contribution in [2.45, 2.75) is 31.1 Å². The van der Waals surface area contributed by atoms with Gasteiger partial charge in [0.05, 0.1) is 30.6 Å². The van der Waals surface area contributed by atoms with Crippen molar-refractivity contribution in [2.75, 3.05) is 51.9 Å². The van der Waals surface area contributed by atoms with Crippen molar-refractivity contribution >= 4 is 23.8 Å². The molecule has 2 aromatic rings. The quantitative estimate of drug-likeness (QED) is 0.220. The molecule has 3 heterocycles. The molecule has 1 saturated heterocycles. The average molecular weight is 627 g/mol. The second-order valence-corrected chi connectivity index (χ2v) is 10.0. The maximum atomic E-state index is 14.2. The monoisotopic (exact) mass is 626 g/mol. The fourth-order valence-corrected chi connectivity index (χ4v) is 5.06. The summed E-state index contributed by atoms with van der Waals surface area (Å²) in [5, 5.41) is 8.33. The van der Waals surface area contributed by atoms with Crippen molar-refractivity contribution in [3.8, 4) is 0 Å². The van der Waals surface area contributed by atoms with Crippen LogP contribution in [0.3, 0.4) is 0 Å². The van der Waals surface area contributed by atoms with Crippen molar-refractivity contribution in [1.29, 1.82) is 0 Å². The molecule has 1 unspecified atom stereocenters. The Bertz CT molecular complexity index is 1400. The smallest absolute Gasteiger partial charge is 0.417 e. The largest absolute Gasteiger partial charge is 0.466 e. The summed E-state index contributed by atoms with van der Waals surface area (Å²) in [6.07, 6.45) is -2.31. The minimum absolute atomic E-state index is 0.00244. The molecule has 4 amide bonds. The fourth-order valence-electron chi connectivity index (χ4n) is 5.06. The number of halogens is 5. The van der Waals surface area contributed by atoms with Gasteiger partial charge in [0, 0.05) is 45.5 Å². The van der Waals surface area contributed by atoms with Gasteiger partial charge in [0.25, 0.3) is 0 Å². The molecule has 0 saturated carbocycles. The number of pyridine rings is 1. The summed E-state index contributed by atoms with van der Waals surface area (Å²) >= 11 is 0. The average Bonchev–Trinajstić information content (AvgIpc) is 3.00. The third kappa shape index (κ3) is 7.42. The molecule has 2 aliphatic heterocycles. The summed E-state index contributed by atoms with van der Waals surface area (Å²) < 4.78 is 76.3. The molecular weight excluding hydrogens is 595 g/mol. The second kappa shape index (κ2) is 14.0. The number of esters is 1. The number of carbonyl (C=O) groups excluding carboxylic acids is 3. The lowest BCUT2D eigenvalue weighted by molar-refractivity contribution is -0.138. The molecule has 3 N–H and O–H groups in total. The van der Waals surface area contributed by atoms with Crippen LogP contribution in [-0.2, 0) is 20.4 Å². The summed E-state index contributed by atoms with van der Waals surface area (Å²) in [5.41, 5.74) is -1.05. The Kier molecular flexibility index (Phi) is 10.4. The zero-order valence-corrected chi connectivity index (χ0v) is 23.8. The number of carbonyl (C=O) groups is 3. The number of amides is 4. The highest BCUT2D eigenvalue weighted by Gasteiger charge is 2.43. The Hall–Kier alpha value is -4.31. The van der Waals surface area contributed by atoms with E-state index in [1.54, 1.807) is 0 Å². The van der Waals surface area contributed by atoms with Gasteiger partial charge in [0.1, 0.15) is 11.9 Å². The maximum Gasteiger partial charge on any atom is 0.417 e. The van der Waals surface area contributed by atoms with E-state index in [4.69, 9.17) is 9.47 Å². The van der Waals surface area contributed by atoms with Crippen LogP contribution in [0.1, 0.15) is 30.0 Å². The third-order valence-electron chi connectivity index (χ3n) is 7.23. The van der Waals surface area contributed by atoms with Crippen molar-refractivity contribution in [2.24, 2.45) is 0 Å². The SMILES string of the molecule is COCC1=C(C(=O)OC)C(c2ccc(F)c(F)c2)N(C(=O)NCCNC2CCN(c3ccc(C(F)(F)F)cn3)CC2)C(=O)N1. The topological polar surface area (TPSA) is 125 Å². The van der Waals surface area contributed by atoms with Gasteiger partial charge in [0.2, 0.25) is 0 Å². The predicted molar refractivity (Wildman–Crippen MR) is 146 cm³/mol. The first-order chi connectivity index (χ1) is 20.9. The van der Waals surface area contributed by atoms with Crippen LogP contribution in [0.15, 0.2) is 47.8 Å². The molecule has 0 bridgehead atoms. The summed E-state index contributed by atoms with van der Waals surface area (Å²) in [4.78, 5) is 45.6. The number of urea groups is 2. The highest BCUT2D eigenvalue weighted by Crippen LogP contribution is 2.35. The van der Waals surface area contributed by atoms with Crippen LogP contribution < -0.4 is 20.9 Å². The Morgan fingerprint density at radius 3 is 2.39 bits per heavy atom. The number of hydrogen-bond donors (Lipinski definition) is 3. The van der Waals surface area contributed by atoms with Gasteiger partial charge in [-0.2, -0.15) is 13.2 Å². The van der Waals surface area contributed by atoms with E-state index in [2.05, 4.69) is 20.9 Å². The van der Waals surface area contributed by atoms with Gasteiger partial charge < -0.3 is 30.3 Å². The molecule has 0 spiro atoms. The molecule has 1 fully saturated rings. The number of methoxy groups -OCH3 is 2. The first kappa shape index (κ1) is 32.6. The second-order valence-electron chi connectivity index (χ2n) is 10.0. The van der Waals surface area contributed by atoms with E-state index in [-0.39, 0.29) is 36.0 Å². The Morgan fingerprint density at radius 2 is 1.80 bits per heavy atom. The zero-order valence-electron chi connectivity index (χ0n) is 23.8. The number of nitrogens with zero attached hydrogens (tertiary/aromatic N) is 3. The van der Waals surface area contributed by atoms with Gasteiger partial charge in [-0.25, -0.2) is 33.0 Å². The lowest BCUT2D eigenvalue weighted by Crippen LogP contribution is -2.56. The number of benzene rings is 1. The van der Waals surface area contributed by atoms with Crippen LogP contribution in [0.2, 0.25) is 0 Å². The van der Waals surface area contributed by atoms with Gasteiger partial charge in [-0.15, -0.1) is 0 Å². The highest BCUT2D eigenvalue weighted by molar-refractivity contribution is 6.01. The Morgan fingerprint density at radius 1 is 1.07 bits per heavy atom. The Balaban J connectivity index is 1.38. The minimum atomic E-state index is -4.46. The lowest BCUT2D eigenvalue weighted by Gasteiger charge is -2.36. The molecule has 16 heteroatoms. The number of anilines is 1. The molecule has 1 aromatic heterocycles.